The second kappa shape index (κ2) is 9.43. The number of aromatic amines is 1. The van der Waals surface area contributed by atoms with Crippen molar-refractivity contribution in [2.24, 2.45) is 0 Å². The third-order valence-electron chi connectivity index (χ3n) is 3.99. The van der Waals surface area contributed by atoms with Crippen molar-refractivity contribution in [2.45, 2.75) is 26.1 Å². The Hall–Kier alpha value is -1.77. The van der Waals surface area contributed by atoms with Crippen LogP contribution in [0.2, 0.25) is 5.02 Å². The number of hydrogen-bond acceptors (Lipinski definition) is 4. The number of aromatic nitrogens is 2. The minimum atomic E-state index is -4.55. The number of hydrogen-bond donors (Lipinski definition) is 2. The number of rotatable bonds is 9. The van der Waals surface area contributed by atoms with Gasteiger partial charge in [-0.3, -0.25) is 5.10 Å². The summed E-state index contributed by atoms with van der Waals surface area (Å²) in [5.74, 6) is -0.263. The molecule has 0 amide bonds. The van der Waals surface area contributed by atoms with Crippen molar-refractivity contribution in [1.29, 1.82) is 0 Å². The van der Waals surface area contributed by atoms with Crippen molar-refractivity contribution < 1.29 is 17.9 Å². The number of alkyl halides is 3. The third-order valence-corrected chi connectivity index (χ3v) is 4.31. The van der Waals surface area contributed by atoms with Crippen LogP contribution in [0, 0.1) is 0 Å². The van der Waals surface area contributed by atoms with Crippen LogP contribution < -0.4 is 10.1 Å². The molecular weight excluding hydrogens is 381 g/mol. The van der Waals surface area contributed by atoms with E-state index in [1.807, 2.05) is 25.9 Å². The summed E-state index contributed by atoms with van der Waals surface area (Å²) in [4.78, 5) is 2.04. The van der Waals surface area contributed by atoms with Gasteiger partial charge in [0.05, 0.1) is 22.9 Å². The van der Waals surface area contributed by atoms with Crippen molar-refractivity contribution in [3.63, 3.8) is 0 Å². The van der Waals surface area contributed by atoms with Crippen LogP contribution >= 0.6 is 11.6 Å². The highest BCUT2D eigenvalue weighted by Gasteiger charge is 2.36. The number of ether oxygens (including phenoxy) is 1. The number of likely N-dealkylation sites (N-methyl/N-ethyl adjacent to an activating group) is 2. The van der Waals surface area contributed by atoms with Crippen LogP contribution in [0.4, 0.5) is 13.2 Å². The van der Waals surface area contributed by atoms with Gasteiger partial charge in [-0.05, 0) is 26.6 Å². The summed E-state index contributed by atoms with van der Waals surface area (Å²) in [6.07, 6.45) is -2.28. The molecule has 0 aliphatic rings. The summed E-state index contributed by atoms with van der Waals surface area (Å²) in [6.45, 7) is 4.12. The molecule has 2 N–H and O–H groups in total. The molecule has 0 saturated heterocycles. The highest BCUT2D eigenvalue weighted by Crippen LogP contribution is 2.42. The smallest absolute Gasteiger partial charge is 0.419 e. The van der Waals surface area contributed by atoms with E-state index in [4.69, 9.17) is 16.3 Å². The van der Waals surface area contributed by atoms with Gasteiger partial charge in [-0.25, -0.2) is 0 Å². The molecule has 0 fully saturated rings. The molecule has 0 saturated carbocycles. The maximum atomic E-state index is 13.5. The standard InChI is InChI=1S/C18H24ClF3N4O/c1-4-7-27-16-9-15(19)13(8-14(16)18(20,21)22)17-12(10-24-25-17)11-26(3)6-5-23-2/h8-10,23H,4-7,11H2,1-3H3,(H,24,25). The zero-order valence-corrected chi connectivity index (χ0v) is 16.3. The number of H-pyrrole nitrogens is 1. The number of nitrogens with zero attached hydrogens (tertiary/aromatic N) is 2. The van der Waals surface area contributed by atoms with Gasteiger partial charge in [-0.2, -0.15) is 18.3 Å². The quantitative estimate of drug-likeness (QED) is 0.658. The summed E-state index contributed by atoms with van der Waals surface area (Å²) in [7, 11) is 3.79. The van der Waals surface area contributed by atoms with Gasteiger partial charge in [-0.1, -0.05) is 18.5 Å². The van der Waals surface area contributed by atoms with Crippen LogP contribution in [0.1, 0.15) is 24.5 Å². The molecular formula is C18H24ClF3N4O. The predicted octanol–water partition coefficient (Wildman–Crippen LogP) is 4.19. The SMILES string of the molecule is CCCOc1cc(Cl)c(-c2n[nH]cc2CN(C)CCNC)cc1C(F)(F)F. The summed E-state index contributed by atoms with van der Waals surface area (Å²) in [5, 5.41) is 10.1. The molecule has 0 spiro atoms. The van der Waals surface area contributed by atoms with Crippen molar-refractivity contribution in [2.75, 3.05) is 33.8 Å². The molecule has 1 aromatic heterocycles. The Morgan fingerprint density at radius 2 is 2.07 bits per heavy atom. The minimum Gasteiger partial charge on any atom is -0.493 e. The Balaban J connectivity index is 2.40. The van der Waals surface area contributed by atoms with Crippen LogP contribution in [0.25, 0.3) is 11.3 Å². The van der Waals surface area contributed by atoms with Gasteiger partial charge >= 0.3 is 6.18 Å². The Kier molecular flexibility index (Phi) is 7.52. The lowest BCUT2D eigenvalue weighted by Crippen LogP contribution is -2.27. The molecule has 1 aromatic carbocycles. The highest BCUT2D eigenvalue weighted by atomic mass is 35.5. The maximum Gasteiger partial charge on any atom is 0.419 e. The monoisotopic (exact) mass is 404 g/mol. The van der Waals surface area contributed by atoms with Gasteiger partial charge in [0.15, 0.2) is 0 Å². The molecule has 1 heterocycles. The number of nitrogens with one attached hydrogen (secondary N) is 2. The van der Waals surface area contributed by atoms with E-state index in [1.165, 1.54) is 6.07 Å². The zero-order chi connectivity index (χ0) is 20.0. The lowest BCUT2D eigenvalue weighted by Gasteiger charge is -2.18. The third kappa shape index (κ3) is 5.60. The Bertz CT molecular complexity index is 749. The first-order chi connectivity index (χ1) is 12.8. The van der Waals surface area contributed by atoms with Crippen molar-refractivity contribution in [3.8, 4) is 17.0 Å². The normalized spacial score (nSPS) is 12.0. The fraction of sp³-hybridized carbons (Fsp3) is 0.500. The molecule has 2 aromatic rings. The Morgan fingerprint density at radius 3 is 2.70 bits per heavy atom. The molecule has 0 atom stereocenters. The van der Waals surface area contributed by atoms with E-state index in [2.05, 4.69) is 15.5 Å². The van der Waals surface area contributed by atoms with Crippen molar-refractivity contribution >= 4 is 11.6 Å². The summed E-state index contributed by atoms with van der Waals surface area (Å²) in [6, 6.07) is 2.24. The Morgan fingerprint density at radius 1 is 1.33 bits per heavy atom. The molecule has 0 aliphatic heterocycles. The van der Waals surface area contributed by atoms with Gasteiger partial charge in [0.1, 0.15) is 5.75 Å². The maximum absolute atomic E-state index is 13.5. The molecule has 0 aliphatic carbocycles. The van der Waals surface area contributed by atoms with Gasteiger partial charge < -0.3 is 15.0 Å². The average molecular weight is 405 g/mol. The fourth-order valence-electron chi connectivity index (χ4n) is 2.63. The van der Waals surface area contributed by atoms with Gasteiger partial charge in [-0.15, -0.1) is 0 Å². The van der Waals surface area contributed by atoms with Gasteiger partial charge in [0.25, 0.3) is 0 Å². The van der Waals surface area contributed by atoms with Gasteiger partial charge in [0.2, 0.25) is 0 Å². The molecule has 0 unspecified atom stereocenters. The molecule has 0 bridgehead atoms. The van der Waals surface area contributed by atoms with E-state index in [1.54, 1.807) is 6.20 Å². The predicted molar refractivity (Wildman–Crippen MR) is 100 cm³/mol. The largest absolute Gasteiger partial charge is 0.493 e. The first kappa shape index (κ1) is 21.5. The molecule has 0 radical (unpaired) electrons. The zero-order valence-electron chi connectivity index (χ0n) is 15.6. The van der Waals surface area contributed by atoms with Gasteiger partial charge in [0, 0.05) is 43.0 Å². The van der Waals surface area contributed by atoms with Crippen LogP contribution in [-0.4, -0.2) is 48.9 Å². The van der Waals surface area contributed by atoms with E-state index in [-0.39, 0.29) is 22.9 Å². The minimum absolute atomic E-state index is 0.167. The van der Waals surface area contributed by atoms with Crippen LogP contribution in [0.15, 0.2) is 18.3 Å². The van der Waals surface area contributed by atoms with Crippen molar-refractivity contribution in [3.05, 3.63) is 34.5 Å². The second-order valence-corrected chi connectivity index (χ2v) is 6.68. The molecule has 9 heteroatoms. The van der Waals surface area contributed by atoms with E-state index < -0.39 is 11.7 Å². The highest BCUT2D eigenvalue weighted by molar-refractivity contribution is 6.33. The van der Waals surface area contributed by atoms with E-state index in [0.717, 1.165) is 24.7 Å². The molecule has 27 heavy (non-hydrogen) atoms. The van der Waals surface area contributed by atoms with E-state index in [9.17, 15) is 13.2 Å². The topological polar surface area (TPSA) is 53.2 Å². The lowest BCUT2D eigenvalue weighted by molar-refractivity contribution is -0.138. The molecule has 5 nitrogen and oxygen atoms in total. The van der Waals surface area contributed by atoms with Crippen LogP contribution in [-0.2, 0) is 12.7 Å². The summed E-state index contributed by atoms with van der Waals surface area (Å²) in [5.41, 5.74) is 0.550. The number of halogens is 4. The second-order valence-electron chi connectivity index (χ2n) is 6.27. The first-order valence-corrected chi connectivity index (χ1v) is 9.05. The van der Waals surface area contributed by atoms with Crippen LogP contribution in [0.3, 0.4) is 0 Å². The van der Waals surface area contributed by atoms with E-state index in [0.29, 0.717) is 18.7 Å². The lowest BCUT2D eigenvalue weighted by atomic mass is 10.0. The molecule has 2 rings (SSSR count). The van der Waals surface area contributed by atoms with Crippen molar-refractivity contribution in [1.82, 2.24) is 20.4 Å². The van der Waals surface area contributed by atoms with Crippen LogP contribution in [0.5, 0.6) is 5.75 Å². The molecule has 150 valence electrons. The fourth-order valence-corrected chi connectivity index (χ4v) is 2.87. The average Bonchev–Trinajstić information content (AvgIpc) is 3.04. The Labute approximate surface area is 161 Å². The number of benzene rings is 1. The van der Waals surface area contributed by atoms with E-state index >= 15 is 0 Å². The first-order valence-electron chi connectivity index (χ1n) is 8.67. The summed E-state index contributed by atoms with van der Waals surface area (Å²) < 4.78 is 45.8. The summed E-state index contributed by atoms with van der Waals surface area (Å²) >= 11 is 6.29.